The van der Waals surface area contributed by atoms with Crippen molar-refractivity contribution < 1.29 is 33.4 Å². The Bertz CT molecular complexity index is 1760. The van der Waals surface area contributed by atoms with Gasteiger partial charge in [-0.15, -0.1) is 0 Å². The second kappa shape index (κ2) is 13.0. The molecule has 2 N–H and O–H groups in total. The molecule has 0 aliphatic heterocycles. The molecule has 54 heavy (non-hydrogen) atoms. The lowest BCUT2D eigenvalue weighted by Crippen LogP contribution is -2.66. The first-order chi connectivity index (χ1) is 25.1. The summed E-state index contributed by atoms with van der Waals surface area (Å²) in [5, 5.41) is 12.7. The molecule has 1 amide bonds. The molecule has 6 aliphatic carbocycles. The molecular weight excluding hydrogens is 682 g/mol. The molecule has 10 atom stereocenters. The molecule has 0 saturated heterocycles. The number of ether oxygens (including phenoxy) is 1. The second-order valence-corrected chi connectivity index (χ2v) is 20.8. The zero-order valence-corrected chi connectivity index (χ0v) is 34.2. The van der Waals surface area contributed by atoms with Gasteiger partial charge in [-0.3, -0.25) is 19.2 Å². The molecule has 0 radical (unpaired) electrons. The average Bonchev–Trinajstić information content (AvgIpc) is 3.37. The number of esters is 1. The first-order valence-corrected chi connectivity index (χ1v) is 20.8. The number of carbonyl (C=O) groups excluding carboxylic acids is 3. The number of ketones is 1. The van der Waals surface area contributed by atoms with E-state index in [1.54, 1.807) is 12.1 Å². The van der Waals surface area contributed by atoms with Gasteiger partial charge < -0.3 is 15.2 Å². The summed E-state index contributed by atoms with van der Waals surface area (Å²) in [7, 11) is 0. The van der Waals surface area contributed by atoms with Crippen LogP contribution in [0.1, 0.15) is 139 Å². The minimum absolute atomic E-state index is 0.0258. The zero-order chi connectivity index (χ0) is 39.4. The third-order valence-corrected chi connectivity index (χ3v) is 17.5. The van der Waals surface area contributed by atoms with Gasteiger partial charge in [-0.05, 0) is 126 Å². The summed E-state index contributed by atoms with van der Waals surface area (Å²) in [6.45, 7) is 20.6. The molecule has 1 aromatic rings. The molecule has 6 aliphatic rings. The Labute approximate surface area is 322 Å². The first-order valence-electron chi connectivity index (χ1n) is 20.8. The second-order valence-electron chi connectivity index (χ2n) is 20.8. The Balaban J connectivity index is 1.12. The van der Waals surface area contributed by atoms with E-state index in [0.29, 0.717) is 37.6 Å². The van der Waals surface area contributed by atoms with Crippen molar-refractivity contribution in [1.82, 2.24) is 5.32 Å². The largest absolute Gasteiger partial charge is 0.481 e. The standard InChI is InChI=1S/C46H64FNO6/c1-26(2)37-32(49)23-46(24-36(50)48-25-27-10-12-28(47)13-11-27)21-20-44(8)29(38(37)46)14-15-34-43(7)18-17-35(42(5,6)33(43)16-19-45(34,44)9)54-40(53)31-22-30(39(51)52)41(31,3)4/h10-13,26,29-31,33-35H,14-25H2,1-9H3,(H,48,50)(H,51,52)/t29?,30-,31+,33-,34+,35-,43-,44+,45+,46-/m0/s1. The minimum atomic E-state index is -0.838. The first kappa shape index (κ1) is 39.2. The Morgan fingerprint density at radius 2 is 1.54 bits per heavy atom. The van der Waals surface area contributed by atoms with E-state index in [1.807, 2.05) is 13.8 Å². The molecule has 1 unspecified atom stereocenters. The Hall–Kier alpha value is -3.03. The SMILES string of the molecule is CC(C)C1=C2C3CC[C@@H]4[C@@]5(C)CC[C@H](OC(=O)[C@H]6C[C@@H](C(=O)O)C6(C)C)C(C)(C)[C@@H]5CC[C@@]4(C)[C@]3(C)CC[C@@]2(CC(=O)NCc2ccc(F)cc2)CC1=O. The van der Waals surface area contributed by atoms with Crippen molar-refractivity contribution in [1.29, 1.82) is 0 Å². The summed E-state index contributed by atoms with van der Waals surface area (Å²) < 4.78 is 19.9. The molecule has 7 rings (SSSR count). The van der Waals surface area contributed by atoms with Gasteiger partial charge in [-0.25, -0.2) is 4.39 Å². The summed E-state index contributed by atoms with van der Waals surface area (Å²) in [5.74, 6) is -0.914. The van der Waals surface area contributed by atoms with Gasteiger partial charge >= 0.3 is 11.9 Å². The van der Waals surface area contributed by atoms with Crippen LogP contribution in [0.2, 0.25) is 0 Å². The molecule has 296 valence electrons. The van der Waals surface area contributed by atoms with Gasteiger partial charge in [0, 0.05) is 30.2 Å². The van der Waals surface area contributed by atoms with E-state index in [9.17, 15) is 28.7 Å². The third kappa shape index (κ3) is 5.67. The van der Waals surface area contributed by atoms with Gasteiger partial charge in [0.25, 0.3) is 0 Å². The van der Waals surface area contributed by atoms with Crippen LogP contribution in [-0.2, 0) is 30.5 Å². The number of amides is 1. The summed E-state index contributed by atoms with van der Waals surface area (Å²) >= 11 is 0. The van der Waals surface area contributed by atoms with Crippen molar-refractivity contribution in [2.75, 3.05) is 0 Å². The van der Waals surface area contributed by atoms with Crippen LogP contribution >= 0.6 is 0 Å². The number of carbonyl (C=O) groups is 4. The van der Waals surface area contributed by atoms with Gasteiger partial charge in [-0.1, -0.05) is 80.0 Å². The van der Waals surface area contributed by atoms with Crippen LogP contribution in [0.3, 0.4) is 0 Å². The number of aliphatic carboxylic acids is 1. The van der Waals surface area contributed by atoms with Gasteiger partial charge in [0.1, 0.15) is 11.9 Å². The molecule has 0 aromatic heterocycles. The highest BCUT2D eigenvalue weighted by molar-refractivity contribution is 6.01. The quantitative estimate of drug-likeness (QED) is 0.257. The highest BCUT2D eigenvalue weighted by atomic mass is 19.1. The fourth-order valence-electron chi connectivity index (χ4n) is 14.3. The van der Waals surface area contributed by atoms with Crippen LogP contribution in [0.5, 0.6) is 0 Å². The van der Waals surface area contributed by atoms with Crippen LogP contribution in [0.15, 0.2) is 35.4 Å². The Morgan fingerprint density at radius 3 is 2.17 bits per heavy atom. The van der Waals surface area contributed by atoms with Gasteiger partial charge in [0.15, 0.2) is 5.78 Å². The van der Waals surface area contributed by atoms with E-state index in [-0.39, 0.29) is 69.0 Å². The fraction of sp³-hybridized carbons (Fsp3) is 0.739. The number of rotatable bonds is 8. The molecule has 5 fully saturated rings. The van der Waals surface area contributed by atoms with Gasteiger partial charge in [0.05, 0.1) is 11.8 Å². The lowest BCUT2D eigenvalue weighted by Gasteiger charge is -2.72. The number of fused-ring (bicyclic) bond motifs is 7. The van der Waals surface area contributed by atoms with Crippen LogP contribution < -0.4 is 5.32 Å². The smallest absolute Gasteiger partial charge is 0.309 e. The number of nitrogens with one attached hydrogen (secondary N) is 1. The third-order valence-electron chi connectivity index (χ3n) is 17.5. The molecule has 8 heteroatoms. The van der Waals surface area contributed by atoms with E-state index in [1.165, 1.54) is 17.7 Å². The zero-order valence-electron chi connectivity index (χ0n) is 34.2. The minimum Gasteiger partial charge on any atom is -0.481 e. The van der Waals surface area contributed by atoms with Crippen molar-refractivity contribution >= 4 is 23.6 Å². The highest BCUT2D eigenvalue weighted by Crippen LogP contribution is 2.77. The van der Waals surface area contributed by atoms with E-state index in [0.717, 1.165) is 62.5 Å². The molecule has 7 nitrogen and oxygen atoms in total. The van der Waals surface area contributed by atoms with E-state index >= 15 is 0 Å². The maximum Gasteiger partial charge on any atom is 0.309 e. The van der Waals surface area contributed by atoms with E-state index < -0.39 is 22.7 Å². The summed E-state index contributed by atoms with van der Waals surface area (Å²) in [5.41, 5.74) is 1.90. The van der Waals surface area contributed by atoms with Crippen molar-refractivity contribution in [3.05, 3.63) is 46.8 Å². The monoisotopic (exact) mass is 745 g/mol. The topological polar surface area (TPSA) is 110 Å². The number of benzene rings is 1. The number of allylic oxidation sites excluding steroid dienone is 2. The maximum absolute atomic E-state index is 14.0. The molecular formula is C46H64FNO6. The summed E-state index contributed by atoms with van der Waals surface area (Å²) in [4.78, 5) is 53.1. The maximum atomic E-state index is 14.0. The number of Topliss-reactive ketones (excluding diaryl/α,β-unsaturated/α-hetero) is 1. The highest BCUT2D eigenvalue weighted by Gasteiger charge is 2.70. The van der Waals surface area contributed by atoms with Crippen molar-refractivity contribution in [2.24, 2.45) is 68.0 Å². The summed E-state index contributed by atoms with van der Waals surface area (Å²) in [6, 6.07) is 6.22. The van der Waals surface area contributed by atoms with E-state index in [4.69, 9.17) is 4.74 Å². The van der Waals surface area contributed by atoms with Crippen LogP contribution in [0.4, 0.5) is 4.39 Å². The number of hydrogen-bond acceptors (Lipinski definition) is 5. The number of halogens is 1. The van der Waals surface area contributed by atoms with E-state index in [2.05, 4.69) is 53.8 Å². The van der Waals surface area contributed by atoms with Crippen molar-refractivity contribution in [3.8, 4) is 0 Å². The lowest BCUT2D eigenvalue weighted by molar-refractivity contribution is -0.236. The molecule has 5 saturated carbocycles. The van der Waals surface area contributed by atoms with Crippen molar-refractivity contribution in [3.63, 3.8) is 0 Å². The molecule has 0 bridgehead atoms. The predicted octanol–water partition coefficient (Wildman–Crippen LogP) is 9.47. The molecule has 0 heterocycles. The van der Waals surface area contributed by atoms with Gasteiger partial charge in [0.2, 0.25) is 5.91 Å². The average molecular weight is 746 g/mol. The van der Waals surface area contributed by atoms with Crippen molar-refractivity contribution in [2.45, 2.75) is 146 Å². The fourth-order valence-corrected chi connectivity index (χ4v) is 14.3. The molecule has 0 spiro atoms. The van der Waals surface area contributed by atoms with Gasteiger partial charge in [-0.2, -0.15) is 0 Å². The van der Waals surface area contributed by atoms with Crippen LogP contribution in [-0.4, -0.2) is 34.8 Å². The Kier molecular flexibility index (Phi) is 9.45. The summed E-state index contributed by atoms with van der Waals surface area (Å²) in [6.07, 6.45) is 8.68. The number of carboxylic acid groups (broad SMARTS) is 1. The Morgan fingerprint density at radius 1 is 0.852 bits per heavy atom. The normalized spacial score (nSPS) is 40.5. The number of carboxylic acids is 1. The van der Waals surface area contributed by atoms with Crippen LogP contribution in [0.25, 0.3) is 0 Å². The number of hydrogen-bond donors (Lipinski definition) is 2. The molecule has 1 aromatic carbocycles. The predicted molar refractivity (Wildman–Crippen MR) is 205 cm³/mol. The van der Waals surface area contributed by atoms with Crippen LogP contribution in [0, 0.1) is 73.8 Å². The lowest BCUT2D eigenvalue weighted by atomic mass is 9.33.